The number of hydrogen-bond donors (Lipinski definition) is 1. The second-order valence-corrected chi connectivity index (χ2v) is 7.71. The zero-order valence-electron chi connectivity index (χ0n) is 17.0. The molecule has 1 aromatic carbocycles. The molecular formula is C21H24F3N3O4. The fourth-order valence-corrected chi connectivity index (χ4v) is 3.48. The Morgan fingerprint density at radius 2 is 1.97 bits per heavy atom. The van der Waals surface area contributed by atoms with Gasteiger partial charge >= 0.3 is 5.69 Å². The van der Waals surface area contributed by atoms with Crippen LogP contribution < -0.4 is 20.5 Å². The van der Waals surface area contributed by atoms with Gasteiger partial charge in [0.15, 0.2) is 17.4 Å². The highest BCUT2D eigenvalue weighted by Gasteiger charge is 2.46. The van der Waals surface area contributed by atoms with Crippen molar-refractivity contribution in [1.29, 1.82) is 0 Å². The van der Waals surface area contributed by atoms with Crippen LogP contribution in [0.1, 0.15) is 31.2 Å². The number of ether oxygens (including phenoxy) is 3. The number of fused-ring (bicyclic) bond motifs is 1. The standard InChI is InChI=1S/C21H24F3N3O4/c22-5-4-21(2-3-21)31-19-15(23)10-14(11-16(19)24)13-30-18-12-17-25-6-9-29-8-1-7-27(17)20(28)26-18/h10-12,25H,1-9,13H2. The molecule has 0 bridgehead atoms. The van der Waals surface area contributed by atoms with E-state index in [0.717, 1.165) is 12.1 Å². The largest absolute Gasteiger partial charge is 0.481 e. The SMILES string of the molecule is O=c1nc(OCc2cc(F)c(OC3(CCF)CC3)c(F)c2)cc2n1CCCOCCN2. The molecule has 1 N–H and O–H groups in total. The third kappa shape index (κ3) is 5.12. The van der Waals surface area contributed by atoms with Crippen LogP contribution in [0, 0.1) is 11.6 Å². The number of aromatic nitrogens is 2. The molecule has 1 aromatic heterocycles. The van der Waals surface area contributed by atoms with Gasteiger partial charge in [-0.1, -0.05) is 0 Å². The van der Waals surface area contributed by atoms with Crippen LogP contribution in [0.15, 0.2) is 23.0 Å². The van der Waals surface area contributed by atoms with E-state index in [1.807, 2.05) is 0 Å². The summed E-state index contributed by atoms with van der Waals surface area (Å²) in [7, 11) is 0. The maximum Gasteiger partial charge on any atom is 0.352 e. The van der Waals surface area contributed by atoms with Gasteiger partial charge in [-0.15, -0.1) is 0 Å². The number of benzene rings is 1. The lowest BCUT2D eigenvalue weighted by atomic mass is 10.2. The Hall–Kier alpha value is -2.75. The number of nitrogens with one attached hydrogen (secondary N) is 1. The minimum absolute atomic E-state index is 0.0462. The highest BCUT2D eigenvalue weighted by molar-refractivity contribution is 5.39. The summed E-state index contributed by atoms with van der Waals surface area (Å²) in [6, 6.07) is 3.78. The van der Waals surface area contributed by atoms with Gasteiger partial charge in [0.1, 0.15) is 18.0 Å². The van der Waals surface area contributed by atoms with Gasteiger partial charge in [-0.3, -0.25) is 8.96 Å². The Balaban J connectivity index is 1.47. The summed E-state index contributed by atoms with van der Waals surface area (Å²) in [5, 5.41) is 3.10. The van der Waals surface area contributed by atoms with E-state index in [1.165, 1.54) is 4.57 Å². The molecule has 0 spiro atoms. The Labute approximate surface area is 177 Å². The third-order valence-corrected chi connectivity index (χ3v) is 5.33. The smallest absolute Gasteiger partial charge is 0.352 e. The normalized spacial score (nSPS) is 17.5. The molecule has 0 amide bonds. The van der Waals surface area contributed by atoms with Crippen LogP contribution in [0.25, 0.3) is 0 Å². The molecule has 2 aliphatic rings. The van der Waals surface area contributed by atoms with Crippen LogP contribution >= 0.6 is 0 Å². The predicted molar refractivity (Wildman–Crippen MR) is 106 cm³/mol. The van der Waals surface area contributed by atoms with E-state index in [2.05, 4.69) is 10.3 Å². The van der Waals surface area contributed by atoms with Gasteiger partial charge in [-0.05, 0) is 37.0 Å². The fourth-order valence-electron chi connectivity index (χ4n) is 3.48. The van der Waals surface area contributed by atoms with E-state index in [4.69, 9.17) is 14.2 Å². The molecule has 1 aliphatic heterocycles. The molecule has 0 atom stereocenters. The summed E-state index contributed by atoms with van der Waals surface area (Å²) in [4.78, 5) is 16.2. The summed E-state index contributed by atoms with van der Waals surface area (Å²) in [5.41, 5.74) is -1.08. The van der Waals surface area contributed by atoms with E-state index >= 15 is 0 Å². The average Bonchev–Trinajstić information content (AvgIpc) is 3.47. The van der Waals surface area contributed by atoms with Crippen LogP contribution in [0.4, 0.5) is 19.0 Å². The van der Waals surface area contributed by atoms with E-state index < -0.39 is 35.3 Å². The monoisotopic (exact) mass is 439 g/mol. The van der Waals surface area contributed by atoms with Gasteiger partial charge in [0.2, 0.25) is 5.88 Å². The summed E-state index contributed by atoms with van der Waals surface area (Å²) in [6.45, 7) is 1.23. The first-order chi connectivity index (χ1) is 15.0. The molecule has 0 saturated heterocycles. The number of nitrogens with zero attached hydrogens (tertiary/aromatic N) is 2. The van der Waals surface area contributed by atoms with Crippen molar-refractivity contribution < 1.29 is 27.4 Å². The van der Waals surface area contributed by atoms with Crippen molar-refractivity contribution in [2.24, 2.45) is 0 Å². The van der Waals surface area contributed by atoms with Gasteiger partial charge in [0.05, 0.1) is 13.3 Å². The number of hydrogen-bond acceptors (Lipinski definition) is 6. The van der Waals surface area contributed by atoms with E-state index in [1.54, 1.807) is 6.07 Å². The maximum atomic E-state index is 14.4. The molecule has 10 heteroatoms. The van der Waals surface area contributed by atoms with E-state index in [0.29, 0.717) is 51.4 Å². The molecule has 31 heavy (non-hydrogen) atoms. The lowest BCUT2D eigenvalue weighted by Gasteiger charge is -2.18. The average molecular weight is 439 g/mol. The molecule has 1 saturated carbocycles. The van der Waals surface area contributed by atoms with Gasteiger partial charge in [0, 0.05) is 32.2 Å². The Kier molecular flexibility index (Phi) is 6.35. The zero-order chi connectivity index (χ0) is 21.8. The zero-order valence-corrected chi connectivity index (χ0v) is 17.0. The topological polar surface area (TPSA) is 74.6 Å². The molecule has 1 aliphatic carbocycles. The van der Waals surface area contributed by atoms with E-state index in [-0.39, 0.29) is 24.5 Å². The number of halogens is 3. The highest BCUT2D eigenvalue weighted by atomic mass is 19.1. The first kappa shape index (κ1) is 21.5. The Morgan fingerprint density at radius 1 is 1.19 bits per heavy atom. The lowest BCUT2D eigenvalue weighted by molar-refractivity contribution is 0.140. The van der Waals surface area contributed by atoms with Crippen molar-refractivity contribution in [3.05, 3.63) is 45.9 Å². The molecule has 0 radical (unpaired) electrons. The summed E-state index contributed by atoms with van der Waals surface area (Å²) in [5.74, 6) is -1.68. The number of anilines is 1. The Morgan fingerprint density at radius 3 is 2.68 bits per heavy atom. The third-order valence-electron chi connectivity index (χ3n) is 5.33. The number of rotatable bonds is 7. The predicted octanol–water partition coefficient (Wildman–Crippen LogP) is 3.20. The summed E-state index contributed by atoms with van der Waals surface area (Å²) >= 11 is 0. The van der Waals surface area contributed by atoms with Crippen molar-refractivity contribution in [1.82, 2.24) is 9.55 Å². The summed E-state index contributed by atoms with van der Waals surface area (Å²) < 4.78 is 59.4. The second-order valence-electron chi connectivity index (χ2n) is 7.71. The van der Waals surface area contributed by atoms with Crippen molar-refractivity contribution in [2.45, 2.75) is 44.4 Å². The van der Waals surface area contributed by atoms with Crippen LogP contribution in [0.5, 0.6) is 11.6 Å². The van der Waals surface area contributed by atoms with Crippen LogP contribution in [-0.2, 0) is 17.9 Å². The second kappa shape index (κ2) is 9.17. The minimum atomic E-state index is -0.882. The highest BCUT2D eigenvalue weighted by Crippen LogP contribution is 2.44. The first-order valence-corrected chi connectivity index (χ1v) is 10.3. The fraction of sp³-hybridized carbons (Fsp3) is 0.524. The molecule has 7 nitrogen and oxygen atoms in total. The van der Waals surface area contributed by atoms with Crippen molar-refractivity contribution in [3.63, 3.8) is 0 Å². The first-order valence-electron chi connectivity index (χ1n) is 10.3. The van der Waals surface area contributed by atoms with Gasteiger partial charge in [0.25, 0.3) is 0 Å². The molecule has 0 unspecified atom stereocenters. The minimum Gasteiger partial charge on any atom is -0.481 e. The molecular weight excluding hydrogens is 415 g/mol. The van der Waals surface area contributed by atoms with E-state index in [9.17, 15) is 18.0 Å². The molecule has 1 fully saturated rings. The quantitative estimate of drug-likeness (QED) is 0.714. The maximum absolute atomic E-state index is 14.4. The molecule has 2 heterocycles. The van der Waals surface area contributed by atoms with Gasteiger partial charge < -0.3 is 19.5 Å². The Bertz CT molecular complexity index is 971. The van der Waals surface area contributed by atoms with Gasteiger partial charge in [-0.25, -0.2) is 13.6 Å². The lowest BCUT2D eigenvalue weighted by Crippen LogP contribution is -2.26. The van der Waals surface area contributed by atoms with Crippen LogP contribution in [0.3, 0.4) is 0 Å². The van der Waals surface area contributed by atoms with Crippen molar-refractivity contribution in [2.75, 3.05) is 31.7 Å². The van der Waals surface area contributed by atoms with Crippen LogP contribution in [0.2, 0.25) is 0 Å². The van der Waals surface area contributed by atoms with Gasteiger partial charge in [-0.2, -0.15) is 4.98 Å². The van der Waals surface area contributed by atoms with Crippen molar-refractivity contribution >= 4 is 5.82 Å². The van der Waals surface area contributed by atoms with Crippen LogP contribution in [-0.4, -0.2) is 41.6 Å². The summed E-state index contributed by atoms with van der Waals surface area (Å²) in [6.07, 6.45) is 1.92. The molecule has 168 valence electrons. The molecule has 4 rings (SSSR count). The number of alkyl halides is 1. The van der Waals surface area contributed by atoms with Crippen molar-refractivity contribution in [3.8, 4) is 11.6 Å². The molecule has 2 aromatic rings.